The number of anilines is 1. The van der Waals surface area contributed by atoms with E-state index in [1.807, 2.05) is 0 Å². The third kappa shape index (κ3) is 3.94. The fourth-order valence-electron chi connectivity index (χ4n) is 1.89. The van der Waals surface area contributed by atoms with Crippen LogP contribution >= 0.6 is 27.5 Å². The van der Waals surface area contributed by atoms with Crippen LogP contribution < -0.4 is 5.32 Å². The number of nitrogens with zero attached hydrogens (tertiary/aromatic N) is 2. The van der Waals surface area contributed by atoms with E-state index in [0.29, 0.717) is 15.1 Å². The number of pyridine rings is 1. The molecule has 0 fully saturated rings. The van der Waals surface area contributed by atoms with E-state index in [1.165, 1.54) is 12.3 Å². The van der Waals surface area contributed by atoms with E-state index < -0.39 is 10.5 Å². The second-order valence-electron chi connectivity index (χ2n) is 4.92. The lowest BCUT2D eigenvalue weighted by Crippen LogP contribution is -2.31. The highest BCUT2D eigenvalue weighted by molar-refractivity contribution is 9.10. The van der Waals surface area contributed by atoms with Gasteiger partial charge in [-0.1, -0.05) is 23.7 Å². The lowest BCUT2D eigenvalue weighted by molar-refractivity contribution is -0.384. The fourth-order valence-corrected chi connectivity index (χ4v) is 2.39. The monoisotopic (exact) mass is 385 g/mol. The van der Waals surface area contributed by atoms with E-state index in [4.69, 9.17) is 11.6 Å². The normalized spacial score (nSPS) is 13.5. The van der Waals surface area contributed by atoms with E-state index in [9.17, 15) is 15.2 Å². The minimum absolute atomic E-state index is 0.0445. The molecule has 2 N–H and O–H groups in total. The summed E-state index contributed by atoms with van der Waals surface area (Å²) in [6, 6.07) is 8.16. The van der Waals surface area contributed by atoms with Crippen LogP contribution in [-0.2, 0) is 5.60 Å². The highest BCUT2D eigenvalue weighted by Gasteiger charge is 2.25. The molecule has 22 heavy (non-hydrogen) atoms. The SMILES string of the molecule is CC(O)(CNc1ncc(Br)cc1[N+](=O)[O-])c1cccc(Cl)c1. The zero-order chi connectivity index (χ0) is 16.3. The van der Waals surface area contributed by atoms with Gasteiger partial charge in [-0.2, -0.15) is 0 Å². The Labute approximate surface area is 140 Å². The minimum atomic E-state index is -1.26. The van der Waals surface area contributed by atoms with E-state index >= 15 is 0 Å². The Bertz CT molecular complexity index is 709. The Hall–Kier alpha value is -1.70. The molecule has 0 bridgehead atoms. The quantitative estimate of drug-likeness (QED) is 0.604. The van der Waals surface area contributed by atoms with Crippen molar-refractivity contribution in [2.24, 2.45) is 0 Å². The van der Waals surface area contributed by atoms with Gasteiger partial charge in [-0.3, -0.25) is 10.1 Å². The highest BCUT2D eigenvalue weighted by atomic mass is 79.9. The predicted octanol–water partition coefficient (Wildman–Crippen LogP) is 3.73. The lowest BCUT2D eigenvalue weighted by Gasteiger charge is -2.24. The topological polar surface area (TPSA) is 88.3 Å². The van der Waals surface area contributed by atoms with Gasteiger partial charge in [0.25, 0.3) is 0 Å². The van der Waals surface area contributed by atoms with Crippen LogP contribution in [-0.4, -0.2) is 21.6 Å². The summed E-state index contributed by atoms with van der Waals surface area (Å²) in [6.45, 7) is 1.64. The first kappa shape index (κ1) is 16.7. The number of aliphatic hydroxyl groups is 1. The first-order valence-corrected chi connectivity index (χ1v) is 7.49. The Morgan fingerprint density at radius 1 is 1.50 bits per heavy atom. The summed E-state index contributed by atoms with van der Waals surface area (Å²) in [7, 11) is 0. The van der Waals surface area contributed by atoms with Crippen LogP contribution in [0.5, 0.6) is 0 Å². The van der Waals surface area contributed by atoms with Crippen molar-refractivity contribution in [2.45, 2.75) is 12.5 Å². The second kappa shape index (κ2) is 6.60. The van der Waals surface area contributed by atoms with Crippen LogP contribution in [0.4, 0.5) is 11.5 Å². The molecule has 1 aromatic carbocycles. The molecule has 6 nitrogen and oxygen atoms in total. The molecule has 2 rings (SSSR count). The van der Waals surface area contributed by atoms with Crippen molar-refractivity contribution >= 4 is 39.0 Å². The summed E-state index contributed by atoms with van der Waals surface area (Å²) in [4.78, 5) is 14.5. The third-order valence-electron chi connectivity index (χ3n) is 3.08. The maximum absolute atomic E-state index is 11.0. The van der Waals surface area contributed by atoms with Crippen LogP contribution in [0.1, 0.15) is 12.5 Å². The lowest BCUT2D eigenvalue weighted by atomic mass is 9.96. The number of benzene rings is 1. The number of rotatable bonds is 5. The molecule has 0 amide bonds. The van der Waals surface area contributed by atoms with Crippen molar-refractivity contribution < 1.29 is 10.0 Å². The van der Waals surface area contributed by atoms with Crippen molar-refractivity contribution in [1.82, 2.24) is 4.98 Å². The molecule has 0 saturated carbocycles. The average Bonchev–Trinajstić information content (AvgIpc) is 2.46. The van der Waals surface area contributed by atoms with E-state index in [2.05, 4.69) is 26.2 Å². The van der Waals surface area contributed by atoms with E-state index in [0.717, 1.165) is 0 Å². The average molecular weight is 387 g/mol. The minimum Gasteiger partial charge on any atom is -0.384 e. The Balaban J connectivity index is 2.20. The summed E-state index contributed by atoms with van der Waals surface area (Å²) in [5.74, 6) is 0.0931. The maximum Gasteiger partial charge on any atom is 0.312 e. The first-order chi connectivity index (χ1) is 10.3. The van der Waals surface area contributed by atoms with Gasteiger partial charge in [0.05, 0.1) is 4.92 Å². The van der Waals surface area contributed by atoms with Crippen molar-refractivity contribution in [3.63, 3.8) is 0 Å². The van der Waals surface area contributed by atoms with Gasteiger partial charge in [-0.05, 0) is 40.5 Å². The van der Waals surface area contributed by atoms with E-state index in [1.54, 1.807) is 31.2 Å². The van der Waals surface area contributed by atoms with Gasteiger partial charge in [0.1, 0.15) is 5.60 Å². The zero-order valence-electron chi connectivity index (χ0n) is 11.6. The molecule has 2 aromatic rings. The first-order valence-electron chi connectivity index (χ1n) is 6.32. The molecule has 0 saturated heterocycles. The van der Waals surface area contributed by atoms with Gasteiger partial charge in [0.15, 0.2) is 0 Å². The summed E-state index contributed by atoms with van der Waals surface area (Å²) in [5.41, 5.74) is -0.823. The molecule has 0 aliphatic heterocycles. The molecular weight excluding hydrogens is 374 g/mol. The number of aromatic nitrogens is 1. The molecule has 1 heterocycles. The molecule has 0 aliphatic rings. The van der Waals surface area contributed by atoms with Crippen molar-refractivity contribution in [2.75, 3.05) is 11.9 Å². The van der Waals surface area contributed by atoms with Crippen LogP contribution in [0.3, 0.4) is 0 Å². The number of nitrogens with one attached hydrogen (secondary N) is 1. The summed E-state index contributed by atoms with van der Waals surface area (Å²) in [6.07, 6.45) is 1.45. The Morgan fingerprint density at radius 3 is 2.86 bits per heavy atom. The molecule has 0 aliphatic carbocycles. The molecule has 0 radical (unpaired) electrons. The van der Waals surface area contributed by atoms with Gasteiger partial charge in [-0.15, -0.1) is 0 Å². The fraction of sp³-hybridized carbons (Fsp3) is 0.214. The summed E-state index contributed by atoms with van der Waals surface area (Å²) in [5, 5.41) is 24.9. The zero-order valence-corrected chi connectivity index (χ0v) is 13.9. The predicted molar refractivity (Wildman–Crippen MR) is 88.1 cm³/mol. The van der Waals surface area contributed by atoms with E-state index in [-0.39, 0.29) is 18.1 Å². The van der Waals surface area contributed by atoms with Gasteiger partial charge in [0.2, 0.25) is 5.82 Å². The van der Waals surface area contributed by atoms with Crippen molar-refractivity contribution in [1.29, 1.82) is 0 Å². The smallest absolute Gasteiger partial charge is 0.312 e. The van der Waals surface area contributed by atoms with Crippen LogP contribution in [0.25, 0.3) is 0 Å². The summed E-state index contributed by atoms with van der Waals surface area (Å²) < 4.78 is 0.506. The van der Waals surface area contributed by atoms with Gasteiger partial charge >= 0.3 is 5.69 Å². The molecule has 116 valence electrons. The Kier molecular flexibility index (Phi) is 5.00. The highest BCUT2D eigenvalue weighted by Crippen LogP contribution is 2.28. The standard InChI is InChI=1S/C14H13BrClN3O3/c1-14(20,9-3-2-4-11(16)5-9)8-18-13-12(19(21)22)6-10(15)7-17-13/h2-7,20H,8H2,1H3,(H,17,18). The number of halogens is 2. The maximum atomic E-state index is 11.0. The molecule has 1 atom stereocenters. The molecule has 0 spiro atoms. The van der Waals surface area contributed by atoms with Gasteiger partial charge < -0.3 is 10.4 Å². The van der Waals surface area contributed by atoms with Gasteiger partial charge in [0, 0.05) is 28.3 Å². The number of hydrogen-bond acceptors (Lipinski definition) is 5. The van der Waals surface area contributed by atoms with Crippen LogP contribution in [0.15, 0.2) is 41.0 Å². The van der Waals surface area contributed by atoms with Gasteiger partial charge in [-0.25, -0.2) is 4.98 Å². The summed E-state index contributed by atoms with van der Waals surface area (Å²) >= 11 is 9.05. The van der Waals surface area contributed by atoms with Crippen LogP contribution in [0.2, 0.25) is 5.02 Å². The van der Waals surface area contributed by atoms with Crippen molar-refractivity contribution in [3.05, 3.63) is 61.7 Å². The molecular formula is C14H13BrClN3O3. The number of hydrogen-bond donors (Lipinski definition) is 2. The second-order valence-corrected chi connectivity index (χ2v) is 6.27. The Morgan fingerprint density at radius 2 is 2.23 bits per heavy atom. The van der Waals surface area contributed by atoms with Crippen LogP contribution in [0, 0.1) is 10.1 Å². The molecule has 1 unspecified atom stereocenters. The van der Waals surface area contributed by atoms with Crippen molar-refractivity contribution in [3.8, 4) is 0 Å². The number of nitro groups is 1. The third-order valence-corrected chi connectivity index (χ3v) is 3.75. The molecule has 8 heteroatoms. The largest absolute Gasteiger partial charge is 0.384 e. The molecule has 1 aromatic heterocycles.